The van der Waals surface area contributed by atoms with Gasteiger partial charge in [0.15, 0.2) is 0 Å². The van der Waals surface area contributed by atoms with E-state index in [-0.39, 0.29) is 5.02 Å². The number of rotatable bonds is 3. The first-order valence-corrected chi connectivity index (χ1v) is 7.53. The van der Waals surface area contributed by atoms with Crippen LogP contribution in [-0.4, -0.2) is 4.98 Å². The maximum Gasteiger partial charge on any atom is 0.142 e. The zero-order valence-electron chi connectivity index (χ0n) is 10.9. The SMILES string of the molecule is Fc1cccc(CNc2cccc3cc(Br)cnc23)c1Cl. The molecule has 0 amide bonds. The monoisotopic (exact) mass is 364 g/mol. The van der Waals surface area contributed by atoms with Crippen molar-refractivity contribution in [2.24, 2.45) is 0 Å². The van der Waals surface area contributed by atoms with E-state index >= 15 is 0 Å². The number of halogens is 3. The van der Waals surface area contributed by atoms with Gasteiger partial charge in [-0.25, -0.2) is 4.39 Å². The smallest absolute Gasteiger partial charge is 0.142 e. The van der Waals surface area contributed by atoms with E-state index in [4.69, 9.17) is 11.6 Å². The summed E-state index contributed by atoms with van der Waals surface area (Å²) in [6, 6.07) is 12.7. The molecule has 0 spiro atoms. The van der Waals surface area contributed by atoms with E-state index in [9.17, 15) is 4.39 Å². The molecule has 0 aliphatic carbocycles. The van der Waals surface area contributed by atoms with Crippen LogP contribution in [0, 0.1) is 5.82 Å². The predicted molar refractivity (Wildman–Crippen MR) is 88.2 cm³/mol. The van der Waals surface area contributed by atoms with Gasteiger partial charge < -0.3 is 5.32 Å². The fraction of sp³-hybridized carbons (Fsp3) is 0.0625. The van der Waals surface area contributed by atoms with Crippen LogP contribution in [0.25, 0.3) is 10.9 Å². The summed E-state index contributed by atoms with van der Waals surface area (Å²) in [5.41, 5.74) is 2.47. The average Bonchev–Trinajstić information content (AvgIpc) is 2.48. The number of hydrogen-bond donors (Lipinski definition) is 1. The lowest BCUT2D eigenvalue weighted by Crippen LogP contribution is -2.02. The molecule has 1 N–H and O–H groups in total. The summed E-state index contributed by atoms with van der Waals surface area (Å²) in [5.74, 6) is -0.407. The summed E-state index contributed by atoms with van der Waals surface area (Å²) in [4.78, 5) is 4.42. The van der Waals surface area contributed by atoms with E-state index in [2.05, 4.69) is 26.2 Å². The average molecular weight is 366 g/mol. The van der Waals surface area contributed by atoms with Crippen molar-refractivity contribution in [2.75, 3.05) is 5.32 Å². The zero-order valence-corrected chi connectivity index (χ0v) is 13.2. The Labute approximate surface area is 135 Å². The fourth-order valence-corrected chi connectivity index (χ4v) is 2.69. The molecule has 0 saturated heterocycles. The van der Waals surface area contributed by atoms with Crippen LogP contribution in [0.2, 0.25) is 5.02 Å². The number of fused-ring (bicyclic) bond motifs is 1. The Bertz CT molecular complexity index is 807. The number of nitrogens with zero attached hydrogens (tertiary/aromatic N) is 1. The maximum absolute atomic E-state index is 13.4. The molecular formula is C16H11BrClFN2. The summed E-state index contributed by atoms with van der Waals surface area (Å²) in [7, 11) is 0. The van der Waals surface area contributed by atoms with E-state index in [0.717, 1.165) is 21.1 Å². The molecule has 3 rings (SSSR count). The van der Waals surface area contributed by atoms with E-state index in [1.165, 1.54) is 6.07 Å². The van der Waals surface area contributed by atoms with Gasteiger partial charge in [0.25, 0.3) is 0 Å². The number of nitrogens with one attached hydrogen (secondary N) is 1. The van der Waals surface area contributed by atoms with Gasteiger partial charge in [0, 0.05) is 22.6 Å². The largest absolute Gasteiger partial charge is 0.379 e. The highest BCUT2D eigenvalue weighted by atomic mass is 79.9. The summed E-state index contributed by atoms with van der Waals surface area (Å²) in [6.45, 7) is 0.438. The van der Waals surface area contributed by atoms with Gasteiger partial charge in [0.2, 0.25) is 0 Å². The molecule has 0 fully saturated rings. The molecule has 5 heteroatoms. The standard InChI is InChI=1S/C16H11BrClFN2/c17-12-7-10-3-2-6-14(16(10)21-9-12)20-8-11-4-1-5-13(19)15(11)18/h1-7,9,20H,8H2. The summed E-state index contributed by atoms with van der Waals surface area (Å²) >= 11 is 9.37. The third kappa shape index (κ3) is 3.01. The molecule has 2 nitrogen and oxygen atoms in total. The zero-order chi connectivity index (χ0) is 14.8. The number of hydrogen-bond acceptors (Lipinski definition) is 2. The highest BCUT2D eigenvalue weighted by Crippen LogP contribution is 2.26. The van der Waals surface area contributed by atoms with Crippen molar-refractivity contribution in [3.8, 4) is 0 Å². The van der Waals surface area contributed by atoms with E-state index in [1.807, 2.05) is 24.3 Å². The molecule has 0 saturated carbocycles. The molecule has 0 atom stereocenters. The Morgan fingerprint density at radius 2 is 2.00 bits per heavy atom. The van der Waals surface area contributed by atoms with E-state index in [0.29, 0.717) is 12.1 Å². The Morgan fingerprint density at radius 1 is 1.19 bits per heavy atom. The molecule has 0 radical (unpaired) electrons. The van der Waals surface area contributed by atoms with Crippen LogP contribution in [0.3, 0.4) is 0 Å². The third-order valence-electron chi connectivity index (χ3n) is 3.18. The van der Waals surface area contributed by atoms with Crippen molar-refractivity contribution in [3.63, 3.8) is 0 Å². The number of aromatic nitrogens is 1. The first kappa shape index (κ1) is 14.3. The van der Waals surface area contributed by atoms with Crippen molar-refractivity contribution in [1.82, 2.24) is 4.98 Å². The molecule has 0 aliphatic rings. The van der Waals surface area contributed by atoms with Crippen LogP contribution in [0.5, 0.6) is 0 Å². The van der Waals surface area contributed by atoms with Crippen LogP contribution in [-0.2, 0) is 6.54 Å². The van der Waals surface area contributed by atoms with Gasteiger partial charge in [-0.3, -0.25) is 4.98 Å². The number of anilines is 1. The number of pyridine rings is 1. The first-order valence-electron chi connectivity index (χ1n) is 6.36. The maximum atomic E-state index is 13.4. The van der Waals surface area contributed by atoms with Gasteiger partial charge in [0.05, 0.1) is 16.2 Å². The molecular weight excluding hydrogens is 355 g/mol. The minimum Gasteiger partial charge on any atom is -0.379 e. The van der Waals surface area contributed by atoms with Crippen LogP contribution < -0.4 is 5.32 Å². The Kier molecular flexibility index (Phi) is 4.08. The molecule has 106 valence electrons. The number of para-hydroxylation sites is 1. The third-order valence-corrected chi connectivity index (χ3v) is 4.04. The summed E-state index contributed by atoms with van der Waals surface area (Å²) in [5, 5.41) is 4.44. The van der Waals surface area contributed by atoms with Gasteiger partial charge in [-0.15, -0.1) is 0 Å². The van der Waals surface area contributed by atoms with Gasteiger partial charge >= 0.3 is 0 Å². The Morgan fingerprint density at radius 3 is 2.86 bits per heavy atom. The molecule has 3 aromatic rings. The van der Waals surface area contributed by atoms with Crippen molar-refractivity contribution >= 4 is 44.1 Å². The lowest BCUT2D eigenvalue weighted by Gasteiger charge is -2.10. The van der Waals surface area contributed by atoms with Crippen LogP contribution in [0.4, 0.5) is 10.1 Å². The second-order valence-corrected chi connectivity index (χ2v) is 5.89. The summed E-state index contributed by atoms with van der Waals surface area (Å²) < 4.78 is 14.4. The molecule has 0 bridgehead atoms. The topological polar surface area (TPSA) is 24.9 Å². The molecule has 0 aliphatic heterocycles. The lowest BCUT2D eigenvalue weighted by molar-refractivity contribution is 0.626. The highest BCUT2D eigenvalue weighted by Gasteiger charge is 2.07. The highest BCUT2D eigenvalue weighted by molar-refractivity contribution is 9.10. The second kappa shape index (κ2) is 6.00. The Hall–Kier alpha value is -1.65. The first-order chi connectivity index (χ1) is 10.1. The Balaban J connectivity index is 1.90. The van der Waals surface area contributed by atoms with Gasteiger partial charge in [-0.05, 0) is 39.7 Å². The quantitative estimate of drug-likeness (QED) is 0.672. The minimum atomic E-state index is -0.407. The second-order valence-electron chi connectivity index (χ2n) is 4.60. The molecule has 1 aromatic heterocycles. The van der Waals surface area contributed by atoms with Crippen molar-refractivity contribution in [1.29, 1.82) is 0 Å². The van der Waals surface area contributed by atoms with Gasteiger partial charge in [-0.2, -0.15) is 0 Å². The van der Waals surface area contributed by atoms with Crippen LogP contribution in [0.1, 0.15) is 5.56 Å². The fourth-order valence-electron chi connectivity index (χ4n) is 2.15. The number of benzene rings is 2. The summed E-state index contributed by atoms with van der Waals surface area (Å²) in [6.07, 6.45) is 1.75. The van der Waals surface area contributed by atoms with E-state index < -0.39 is 5.82 Å². The molecule has 1 heterocycles. The normalized spacial score (nSPS) is 10.8. The van der Waals surface area contributed by atoms with Crippen molar-refractivity contribution in [3.05, 3.63) is 69.5 Å². The molecule has 0 unspecified atom stereocenters. The van der Waals surface area contributed by atoms with Crippen molar-refractivity contribution < 1.29 is 4.39 Å². The van der Waals surface area contributed by atoms with E-state index in [1.54, 1.807) is 18.3 Å². The van der Waals surface area contributed by atoms with Gasteiger partial charge in [-0.1, -0.05) is 35.9 Å². The minimum absolute atomic E-state index is 0.154. The molecule has 2 aromatic carbocycles. The molecule has 21 heavy (non-hydrogen) atoms. The predicted octanol–water partition coefficient (Wildman–Crippen LogP) is 5.40. The van der Waals surface area contributed by atoms with Crippen molar-refractivity contribution in [2.45, 2.75) is 6.54 Å². The van der Waals surface area contributed by atoms with Gasteiger partial charge in [0.1, 0.15) is 5.82 Å². The van der Waals surface area contributed by atoms with Crippen LogP contribution >= 0.6 is 27.5 Å². The lowest BCUT2D eigenvalue weighted by atomic mass is 10.1. The van der Waals surface area contributed by atoms with Crippen LogP contribution in [0.15, 0.2) is 53.1 Å².